The van der Waals surface area contributed by atoms with Gasteiger partial charge in [0.1, 0.15) is 24.0 Å². The maximum absolute atomic E-state index is 11.7. The number of fused-ring (bicyclic) bond motifs is 1. The largest absolute Gasteiger partial charge is 0.491 e. The van der Waals surface area contributed by atoms with Gasteiger partial charge in [-0.3, -0.25) is 4.79 Å². The molecule has 1 aliphatic rings. The van der Waals surface area contributed by atoms with Crippen molar-refractivity contribution >= 4 is 34.1 Å². The molecular formula is C25H33N5O3. The number of aryl methyl sites for hydroxylation is 2. The van der Waals surface area contributed by atoms with E-state index in [2.05, 4.69) is 41.2 Å². The fraction of sp³-hybridized carbons (Fsp3) is 0.440. The van der Waals surface area contributed by atoms with Crippen LogP contribution in [0.4, 0.5) is 17.3 Å². The Hall–Kier alpha value is -3.26. The van der Waals surface area contributed by atoms with E-state index < -0.39 is 0 Å². The molecule has 1 aromatic carbocycles. The van der Waals surface area contributed by atoms with E-state index in [1.54, 1.807) is 11.8 Å². The van der Waals surface area contributed by atoms with Crippen molar-refractivity contribution in [2.45, 2.75) is 27.7 Å². The Labute approximate surface area is 194 Å². The zero-order valence-electron chi connectivity index (χ0n) is 19.9. The van der Waals surface area contributed by atoms with Gasteiger partial charge in [0.15, 0.2) is 0 Å². The molecule has 176 valence electrons. The molecule has 1 amide bonds. The number of carbonyl (C=O) groups is 1. The van der Waals surface area contributed by atoms with Gasteiger partial charge in [-0.25, -0.2) is 4.98 Å². The van der Waals surface area contributed by atoms with Crippen LogP contribution < -0.4 is 15.0 Å². The van der Waals surface area contributed by atoms with Crippen molar-refractivity contribution in [2.75, 3.05) is 56.2 Å². The minimum Gasteiger partial charge on any atom is -0.491 e. The van der Waals surface area contributed by atoms with Crippen LogP contribution in [0, 0.1) is 13.8 Å². The maximum atomic E-state index is 11.7. The van der Waals surface area contributed by atoms with Crippen LogP contribution in [0.5, 0.6) is 5.75 Å². The summed E-state index contributed by atoms with van der Waals surface area (Å²) >= 11 is 0. The van der Waals surface area contributed by atoms with E-state index >= 15 is 0 Å². The van der Waals surface area contributed by atoms with Gasteiger partial charge in [0.25, 0.3) is 0 Å². The molecule has 0 spiro atoms. The Bertz CT molecular complexity index is 1120. The summed E-state index contributed by atoms with van der Waals surface area (Å²) in [4.78, 5) is 23.9. The van der Waals surface area contributed by atoms with Crippen molar-refractivity contribution in [3.63, 3.8) is 0 Å². The van der Waals surface area contributed by atoms with Gasteiger partial charge < -0.3 is 29.6 Å². The average Bonchev–Trinajstić information content (AvgIpc) is 3.10. The first kappa shape index (κ1) is 22.9. The Balaban J connectivity index is 1.57. The zero-order valence-corrected chi connectivity index (χ0v) is 19.9. The molecule has 2 N–H and O–H groups in total. The number of carbonyl (C=O) groups excluding carboxylic acids is 1. The third-order valence-corrected chi connectivity index (χ3v) is 6.16. The predicted octanol–water partition coefficient (Wildman–Crippen LogP) is 4.01. The van der Waals surface area contributed by atoms with E-state index in [4.69, 9.17) is 14.5 Å². The molecule has 1 fully saturated rings. The predicted molar refractivity (Wildman–Crippen MR) is 132 cm³/mol. The van der Waals surface area contributed by atoms with Gasteiger partial charge in [0.05, 0.1) is 19.8 Å². The van der Waals surface area contributed by atoms with Crippen molar-refractivity contribution in [2.24, 2.45) is 0 Å². The van der Waals surface area contributed by atoms with Crippen LogP contribution in [-0.4, -0.2) is 66.8 Å². The first-order valence-electron chi connectivity index (χ1n) is 11.5. The van der Waals surface area contributed by atoms with Crippen molar-refractivity contribution in [3.8, 4) is 5.75 Å². The summed E-state index contributed by atoms with van der Waals surface area (Å²) in [6.07, 6.45) is 0. The molecule has 2 aromatic heterocycles. The number of nitrogens with zero attached hydrogens (tertiary/aromatic N) is 3. The van der Waals surface area contributed by atoms with E-state index in [1.165, 1.54) is 16.6 Å². The third-order valence-electron chi connectivity index (χ3n) is 6.16. The lowest BCUT2D eigenvalue weighted by Gasteiger charge is -2.28. The van der Waals surface area contributed by atoms with Crippen LogP contribution >= 0.6 is 0 Å². The van der Waals surface area contributed by atoms with Crippen molar-refractivity contribution in [1.82, 2.24) is 14.9 Å². The van der Waals surface area contributed by atoms with Crippen LogP contribution in [0.25, 0.3) is 10.9 Å². The van der Waals surface area contributed by atoms with E-state index in [0.29, 0.717) is 32.9 Å². The number of anilines is 3. The van der Waals surface area contributed by atoms with Gasteiger partial charge >= 0.3 is 0 Å². The number of rotatable bonds is 8. The quantitative estimate of drug-likeness (QED) is 0.539. The van der Waals surface area contributed by atoms with E-state index in [0.717, 1.165) is 41.7 Å². The van der Waals surface area contributed by atoms with Crippen LogP contribution in [0.3, 0.4) is 0 Å². The Morgan fingerprint density at radius 1 is 1.24 bits per heavy atom. The molecule has 0 atom stereocenters. The molecule has 1 saturated heterocycles. The number of hydrogen-bond donors (Lipinski definition) is 2. The van der Waals surface area contributed by atoms with Crippen molar-refractivity contribution in [1.29, 1.82) is 0 Å². The molecule has 0 saturated carbocycles. The molecule has 3 heterocycles. The lowest BCUT2D eigenvalue weighted by molar-refractivity contribution is -0.129. The Morgan fingerprint density at radius 3 is 2.76 bits per heavy atom. The Kier molecular flexibility index (Phi) is 7.03. The van der Waals surface area contributed by atoms with Crippen LogP contribution in [0.2, 0.25) is 0 Å². The molecule has 0 bridgehead atoms. The highest BCUT2D eigenvalue weighted by molar-refractivity contribution is 5.88. The van der Waals surface area contributed by atoms with Gasteiger partial charge in [-0.05, 0) is 44.5 Å². The number of likely N-dealkylation sites (N-methyl/N-ethyl adjacent to an activating group) is 1. The molecule has 0 unspecified atom stereocenters. The lowest BCUT2D eigenvalue weighted by atomic mass is 10.1. The average molecular weight is 452 g/mol. The molecule has 8 heteroatoms. The maximum Gasteiger partial charge on any atom is 0.219 e. The Morgan fingerprint density at radius 2 is 2.03 bits per heavy atom. The lowest BCUT2D eigenvalue weighted by Crippen LogP contribution is -2.36. The number of ether oxygens (including phenoxy) is 2. The van der Waals surface area contributed by atoms with E-state index in [9.17, 15) is 4.79 Å². The number of benzene rings is 1. The number of morpholine rings is 1. The highest BCUT2D eigenvalue weighted by atomic mass is 16.5. The van der Waals surface area contributed by atoms with Crippen LogP contribution in [0.15, 0.2) is 30.3 Å². The molecule has 0 radical (unpaired) electrons. The summed E-state index contributed by atoms with van der Waals surface area (Å²) in [5, 5.41) is 4.65. The normalized spacial score (nSPS) is 13.9. The number of nitrogens with one attached hydrogen (secondary N) is 2. The molecular weight excluding hydrogens is 418 g/mol. The minimum atomic E-state index is 0.0536. The number of aromatic nitrogens is 2. The van der Waals surface area contributed by atoms with E-state index in [-0.39, 0.29) is 5.91 Å². The summed E-state index contributed by atoms with van der Waals surface area (Å²) in [6, 6.07) is 10.1. The number of pyridine rings is 1. The second-order valence-corrected chi connectivity index (χ2v) is 8.35. The molecule has 4 rings (SSSR count). The van der Waals surface area contributed by atoms with Gasteiger partial charge in [-0.2, -0.15) is 0 Å². The molecule has 33 heavy (non-hydrogen) atoms. The summed E-state index contributed by atoms with van der Waals surface area (Å²) in [5.74, 6) is 2.35. The first-order valence-corrected chi connectivity index (χ1v) is 11.5. The van der Waals surface area contributed by atoms with E-state index in [1.807, 2.05) is 25.1 Å². The highest BCUT2D eigenvalue weighted by Crippen LogP contribution is 2.29. The van der Waals surface area contributed by atoms with Gasteiger partial charge in [0, 0.05) is 61.0 Å². The van der Waals surface area contributed by atoms with Gasteiger partial charge in [0.2, 0.25) is 5.91 Å². The fourth-order valence-electron chi connectivity index (χ4n) is 4.09. The highest BCUT2D eigenvalue weighted by Gasteiger charge is 2.16. The van der Waals surface area contributed by atoms with Crippen LogP contribution in [-0.2, 0) is 9.53 Å². The molecule has 8 nitrogen and oxygen atoms in total. The minimum absolute atomic E-state index is 0.0536. The monoisotopic (exact) mass is 451 g/mol. The SMILES string of the molecule is CCN(CCOc1cc(Nc2ccc3[nH]c(C)c(C)c3c2)nc(N2CCOCC2)c1)C(C)=O. The van der Waals surface area contributed by atoms with Crippen molar-refractivity contribution in [3.05, 3.63) is 41.6 Å². The number of amides is 1. The molecule has 3 aromatic rings. The fourth-order valence-corrected chi connectivity index (χ4v) is 4.09. The second-order valence-electron chi connectivity index (χ2n) is 8.35. The summed E-state index contributed by atoms with van der Waals surface area (Å²) < 4.78 is 11.6. The summed E-state index contributed by atoms with van der Waals surface area (Å²) in [5.41, 5.74) is 4.52. The zero-order chi connectivity index (χ0) is 23.4. The van der Waals surface area contributed by atoms with Gasteiger partial charge in [-0.1, -0.05) is 0 Å². The topological polar surface area (TPSA) is 82.7 Å². The number of hydrogen-bond acceptors (Lipinski definition) is 6. The smallest absolute Gasteiger partial charge is 0.219 e. The second kappa shape index (κ2) is 10.1. The molecule has 0 aliphatic carbocycles. The van der Waals surface area contributed by atoms with Crippen molar-refractivity contribution < 1.29 is 14.3 Å². The standard InChI is InChI=1S/C25H33N5O3/c1-5-29(19(4)31)10-13-33-21-15-24(28-25(16-21)30-8-11-32-12-9-30)27-20-6-7-23-22(14-20)17(2)18(3)26-23/h6-7,14-16,26H,5,8-13H2,1-4H3,(H,27,28). The molecule has 1 aliphatic heterocycles. The van der Waals surface area contributed by atoms with Gasteiger partial charge in [-0.15, -0.1) is 0 Å². The third kappa shape index (κ3) is 5.39. The number of aromatic amines is 1. The number of H-pyrrole nitrogens is 1. The van der Waals surface area contributed by atoms with Crippen LogP contribution in [0.1, 0.15) is 25.1 Å². The first-order chi connectivity index (χ1) is 15.9. The summed E-state index contributed by atoms with van der Waals surface area (Å²) in [6.45, 7) is 12.4. The summed E-state index contributed by atoms with van der Waals surface area (Å²) in [7, 11) is 0.